The van der Waals surface area contributed by atoms with Crippen LogP contribution in [0, 0.1) is 0 Å². The Labute approximate surface area is 149 Å². The summed E-state index contributed by atoms with van der Waals surface area (Å²) in [4.78, 5) is 14.5. The number of benzene rings is 2. The lowest BCUT2D eigenvalue weighted by Gasteiger charge is -2.22. The number of hydrogen-bond donors (Lipinski definition) is 0. The SMILES string of the molecule is CCCCN(CCCC)Cc1cc(=O)oc2ccc3ccccc3c12. The maximum atomic E-state index is 12.1. The zero-order chi connectivity index (χ0) is 17.6. The number of nitrogens with zero attached hydrogens (tertiary/aromatic N) is 1. The topological polar surface area (TPSA) is 33.5 Å². The van der Waals surface area contributed by atoms with Crippen molar-refractivity contribution in [1.82, 2.24) is 4.90 Å². The Morgan fingerprint density at radius 2 is 1.68 bits per heavy atom. The van der Waals surface area contributed by atoms with E-state index >= 15 is 0 Å². The largest absolute Gasteiger partial charge is 0.423 e. The van der Waals surface area contributed by atoms with E-state index in [0.29, 0.717) is 5.58 Å². The van der Waals surface area contributed by atoms with E-state index < -0.39 is 0 Å². The fraction of sp³-hybridized carbons (Fsp3) is 0.409. The average Bonchev–Trinajstić information content (AvgIpc) is 2.63. The summed E-state index contributed by atoms with van der Waals surface area (Å²) in [6.45, 7) is 7.39. The third-order valence-corrected chi connectivity index (χ3v) is 4.76. The van der Waals surface area contributed by atoms with Crippen molar-refractivity contribution in [2.45, 2.75) is 46.1 Å². The maximum absolute atomic E-state index is 12.1. The van der Waals surface area contributed by atoms with Gasteiger partial charge in [0.2, 0.25) is 0 Å². The summed E-state index contributed by atoms with van der Waals surface area (Å²) in [5.74, 6) is 0. The van der Waals surface area contributed by atoms with E-state index in [-0.39, 0.29) is 5.63 Å². The number of rotatable bonds is 8. The van der Waals surface area contributed by atoms with Crippen molar-refractivity contribution in [2.75, 3.05) is 13.1 Å². The van der Waals surface area contributed by atoms with Crippen LogP contribution in [-0.2, 0) is 6.54 Å². The fourth-order valence-electron chi connectivity index (χ4n) is 3.42. The van der Waals surface area contributed by atoms with Crippen LogP contribution in [0.2, 0.25) is 0 Å². The standard InChI is InChI=1S/C22H27NO2/c1-3-5-13-23(14-6-4-2)16-18-15-21(24)25-20-12-11-17-9-7-8-10-19(17)22(18)20/h7-12,15H,3-6,13-14,16H2,1-2H3. The molecule has 1 aromatic heterocycles. The molecule has 0 radical (unpaired) electrons. The molecule has 0 atom stereocenters. The minimum absolute atomic E-state index is 0.260. The van der Waals surface area contributed by atoms with Gasteiger partial charge in [-0.2, -0.15) is 0 Å². The van der Waals surface area contributed by atoms with Crippen LogP contribution in [0.4, 0.5) is 0 Å². The summed E-state index contributed by atoms with van der Waals surface area (Å²) in [6, 6.07) is 13.9. The first-order valence-electron chi connectivity index (χ1n) is 9.39. The lowest BCUT2D eigenvalue weighted by Crippen LogP contribution is -2.26. The second-order valence-electron chi connectivity index (χ2n) is 6.73. The normalized spacial score (nSPS) is 11.6. The molecule has 0 saturated heterocycles. The van der Waals surface area contributed by atoms with Crippen LogP contribution in [0.1, 0.15) is 45.1 Å². The number of hydrogen-bond acceptors (Lipinski definition) is 3. The molecule has 3 heteroatoms. The molecule has 2 aromatic carbocycles. The number of unbranched alkanes of at least 4 members (excludes halogenated alkanes) is 2. The van der Waals surface area contributed by atoms with E-state index in [9.17, 15) is 4.79 Å². The molecule has 132 valence electrons. The molecular weight excluding hydrogens is 310 g/mol. The van der Waals surface area contributed by atoms with E-state index in [2.05, 4.69) is 30.9 Å². The van der Waals surface area contributed by atoms with Gasteiger partial charge in [0.05, 0.1) is 0 Å². The first-order valence-corrected chi connectivity index (χ1v) is 9.39. The smallest absolute Gasteiger partial charge is 0.336 e. The third kappa shape index (κ3) is 4.10. The Morgan fingerprint density at radius 1 is 0.960 bits per heavy atom. The molecule has 0 N–H and O–H groups in total. The average molecular weight is 337 g/mol. The highest BCUT2D eigenvalue weighted by molar-refractivity contribution is 6.07. The second kappa shape index (κ2) is 8.30. The molecule has 0 spiro atoms. The predicted octanol–water partition coefficient (Wildman–Crippen LogP) is 5.35. The van der Waals surface area contributed by atoms with Crippen LogP contribution in [0.25, 0.3) is 21.7 Å². The molecule has 0 aliphatic heterocycles. The molecular formula is C22H27NO2. The molecule has 25 heavy (non-hydrogen) atoms. The lowest BCUT2D eigenvalue weighted by atomic mass is 10.0. The Bertz CT molecular complexity index is 889. The van der Waals surface area contributed by atoms with Crippen molar-refractivity contribution in [3.8, 4) is 0 Å². The molecule has 0 bridgehead atoms. The Balaban J connectivity index is 2.06. The molecule has 1 heterocycles. The quantitative estimate of drug-likeness (QED) is 0.410. The Morgan fingerprint density at radius 3 is 2.40 bits per heavy atom. The van der Waals surface area contributed by atoms with Crippen LogP contribution in [0.3, 0.4) is 0 Å². The van der Waals surface area contributed by atoms with E-state index in [4.69, 9.17) is 4.42 Å². The van der Waals surface area contributed by atoms with E-state index in [0.717, 1.165) is 36.0 Å². The summed E-state index contributed by atoms with van der Waals surface area (Å²) in [5.41, 5.74) is 1.51. The van der Waals surface area contributed by atoms with Crippen molar-refractivity contribution in [1.29, 1.82) is 0 Å². The first-order chi connectivity index (χ1) is 12.2. The van der Waals surface area contributed by atoms with Gasteiger partial charge in [0, 0.05) is 18.0 Å². The summed E-state index contributed by atoms with van der Waals surface area (Å²) < 4.78 is 5.48. The highest BCUT2D eigenvalue weighted by Gasteiger charge is 2.13. The van der Waals surface area contributed by atoms with E-state index in [1.165, 1.54) is 31.1 Å². The molecule has 3 nitrogen and oxygen atoms in total. The van der Waals surface area contributed by atoms with Crippen LogP contribution in [-0.4, -0.2) is 18.0 Å². The van der Waals surface area contributed by atoms with Crippen molar-refractivity contribution in [2.24, 2.45) is 0 Å². The lowest BCUT2D eigenvalue weighted by molar-refractivity contribution is 0.257. The van der Waals surface area contributed by atoms with Crippen LogP contribution < -0.4 is 5.63 Å². The van der Waals surface area contributed by atoms with Gasteiger partial charge in [-0.1, -0.05) is 57.0 Å². The van der Waals surface area contributed by atoms with Crippen LogP contribution in [0.5, 0.6) is 0 Å². The van der Waals surface area contributed by atoms with Gasteiger partial charge in [-0.05, 0) is 48.3 Å². The summed E-state index contributed by atoms with van der Waals surface area (Å²) in [5, 5.41) is 3.42. The molecule has 3 rings (SSSR count). The van der Waals surface area contributed by atoms with Gasteiger partial charge in [0.15, 0.2) is 0 Å². The highest BCUT2D eigenvalue weighted by atomic mass is 16.4. The van der Waals surface area contributed by atoms with Crippen molar-refractivity contribution in [3.63, 3.8) is 0 Å². The van der Waals surface area contributed by atoms with Gasteiger partial charge in [0.25, 0.3) is 0 Å². The van der Waals surface area contributed by atoms with Gasteiger partial charge in [-0.25, -0.2) is 4.79 Å². The monoisotopic (exact) mass is 337 g/mol. The first kappa shape index (κ1) is 17.7. The van der Waals surface area contributed by atoms with Crippen molar-refractivity contribution in [3.05, 3.63) is 58.4 Å². The fourth-order valence-corrected chi connectivity index (χ4v) is 3.42. The van der Waals surface area contributed by atoms with Crippen LogP contribution in [0.15, 0.2) is 51.7 Å². The van der Waals surface area contributed by atoms with E-state index in [1.807, 2.05) is 24.3 Å². The van der Waals surface area contributed by atoms with Crippen LogP contribution >= 0.6 is 0 Å². The zero-order valence-corrected chi connectivity index (χ0v) is 15.3. The summed E-state index contributed by atoms with van der Waals surface area (Å²) in [7, 11) is 0. The van der Waals surface area contributed by atoms with Crippen molar-refractivity contribution < 1.29 is 4.42 Å². The molecule has 0 amide bonds. The van der Waals surface area contributed by atoms with Crippen molar-refractivity contribution >= 4 is 21.7 Å². The Hall–Kier alpha value is -2.13. The Kier molecular flexibility index (Phi) is 5.87. The van der Waals surface area contributed by atoms with Gasteiger partial charge >= 0.3 is 5.63 Å². The summed E-state index contributed by atoms with van der Waals surface area (Å²) in [6.07, 6.45) is 4.74. The van der Waals surface area contributed by atoms with E-state index in [1.54, 1.807) is 6.07 Å². The molecule has 0 saturated carbocycles. The third-order valence-electron chi connectivity index (χ3n) is 4.76. The van der Waals surface area contributed by atoms with Gasteiger partial charge in [0.1, 0.15) is 5.58 Å². The maximum Gasteiger partial charge on any atom is 0.336 e. The second-order valence-corrected chi connectivity index (χ2v) is 6.73. The molecule has 0 aliphatic rings. The molecule has 3 aromatic rings. The van der Waals surface area contributed by atoms with Gasteiger partial charge in [-0.3, -0.25) is 4.90 Å². The molecule has 0 fully saturated rings. The van der Waals surface area contributed by atoms with Gasteiger partial charge < -0.3 is 4.42 Å². The highest BCUT2D eigenvalue weighted by Crippen LogP contribution is 2.28. The zero-order valence-electron chi connectivity index (χ0n) is 15.3. The minimum atomic E-state index is -0.260. The molecule has 0 unspecified atom stereocenters. The number of fused-ring (bicyclic) bond motifs is 3. The predicted molar refractivity (Wildman–Crippen MR) is 105 cm³/mol. The summed E-state index contributed by atoms with van der Waals surface area (Å²) >= 11 is 0. The molecule has 0 aliphatic carbocycles. The van der Waals surface area contributed by atoms with Gasteiger partial charge in [-0.15, -0.1) is 0 Å². The minimum Gasteiger partial charge on any atom is -0.423 e.